The number of aromatic nitrogens is 1. The van der Waals surface area contributed by atoms with E-state index in [9.17, 15) is 9.18 Å². The number of para-hydroxylation sites is 1. The molecule has 0 unspecified atom stereocenters. The number of carbonyl (C=O) groups excluding carboxylic acids is 1. The van der Waals surface area contributed by atoms with E-state index in [-0.39, 0.29) is 24.4 Å². The molecule has 0 aliphatic carbocycles. The third kappa shape index (κ3) is 4.06. The quantitative estimate of drug-likeness (QED) is 0.479. The van der Waals surface area contributed by atoms with Gasteiger partial charge in [0.05, 0.1) is 6.04 Å². The summed E-state index contributed by atoms with van der Waals surface area (Å²) in [5, 5.41) is 1.07. The number of carbonyl (C=O) groups is 1. The first-order valence-electron chi connectivity index (χ1n) is 9.79. The minimum atomic E-state index is -0.343. The van der Waals surface area contributed by atoms with Gasteiger partial charge in [-0.05, 0) is 42.8 Å². The smallest absolute Gasteiger partial charge is 0.261 e. The highest BCUT2D eigenvalue weighted by Gasteiger charge is 2.26. The maximum atomic E-state index is 13.1. The van der Waals surface area contributed by atoms with Gasteiger partial charge >= 0.3 is 0 Å². The van der Waals surface area contributed by atoms with Gasteiger partial charge in [0.25, 0.3) is 5.91 Å². The molecule has 0 aliphatic heterocycles. The van der Waals surface area contributed by atoms with E-state index in [0.29, 0.717) is 5.75 Å². The van der Waals surface area contributed by atoms with Crippen LogP contribution in [0.5, 0.6) is 5.75 Å². The first-order valence-corrected chi connectivity index (χ1v) is 9.79. The van der Waals surface area contributed by atoms with Crippen molar-refractivity contribution in [3.8, 4) is 5.75 Å². The van der Waals surface area contributed by atoms with E-state index in [2.05, 4.69) is 11.1 Å². The van der Waals surface area contributed by atoms with Crippen LogP contribution >= 0.6 is 0 Å². The third-order valence-corrected chi connectivity index (χ3v) is 5.27. The van der Waals surface area contributed by atoms with Crippen LogP contribution < -0.4 is 4.74 Å². The molecule has 4 nitrogen and oxygen atoms in total. The van der Waals surface area contributed by atoms with Gasteiger partial charge in [0, 0.05) is 29.7 Å². The molecule has 30 heavy (non-hydrogen) atoms. The lowest BCUT2D eigenvalue weighted by Crippen LogP contribution is -2.35. The third-order valence-electron chi connectivity index (χ3n) is 5.27. The van der Waals surface area contributed by atoms with Crippen LogP contribution in [0.3, 0.4) is 0 Å². The van der Waals surface area contributed by atoms with Gasteiger partial charge in [-0.1, -0.05) is 48.0 Å². The SMILES string of the molecule is Cc1ccc([C@H](c2c[nH]c3ccccc23)N(C)C(=O)COc2ccc(F)cc2)cc1. The number of aryl methyl sites for hydroxylation is 1. The molecule has 0 bridgehead atoms. The number of benzene rings is 3. The van der Waals surface area contributed by atoms with E-state index in [1.54, 1.807) is 11.9 Å². The lowest BCUT2D eigenvalue weighted by Gasteiger charge is -2.29. The Kier molecular flexibility index (Phi) is 5.53. The van der Waals surface area contributed by atoms with Crippen LogP contribution in [0.15, 0.2) is 79.0 Å². The molecule has 1 N–H and O–H groups in total. The molecule has 0 saturated heterocycles. The van der Waals surface area contributed by atoms with Crippen LogP contribution in [0.25, 0.3) is 10.9 Å². The average molecular weight is 402 g/mol. The predicted octanol–water partition coefficient (Wildman–Crippen LogP) is 5.24. The number of aromatic amines is 1. The van der Waals surface area contributed by atoms with Crippen LogP contribution in [-0.2, 0) is 4.79 Å². The molecule has 1 aromatic heterocycles. The van der Waals surface area contributed by atoms with Gasteiger partial charge in [0.15, 0.2) is 6.61 Å². The standard InChI is InChI=1S/C25H23FN2O2/c1-17-7-9-18(10-8-17)25(22-15-27-23-6-4-3-5-21(22)23)28(2)24(29)16-30-20-13-11-19(26)12-14-20/h3-15,25,27H,16H2,1-2H3/t25-/m1/s1. The first-order chi connectivity index (χ1) is 14.5. The highest BCUT2D eigenvalue weighted by atomic mass is 19.1. The fourth-order valence-corrected chi connectivity index (χ4v) is 3.60. The Balaban J connectivity index is 1.63. The van der Waals surface area contributed by atoms with E-state index in [1.165, 1.54) is 24.3 Å². The summed E-state index contributed by atoms with van der Waals surface area (Å²) in [5.74, 6) is -0.0584. The molecule has 1 atom stereocenters. The summed E-state index contributed by atoms with van der Waals surface area (Å²) in [6, 6.07) is 21.6. The molecule has 0 fully saturated rings. The molecule has 3 aromatic carbocycles. The zero-order valence-electron chi connectivity index (χ0n) is 16.9. The van der Waals surface area contributed by atoms with Crippen molar-refractivity contribution in [3.63, 3.8) is 0 Å². The molecule has 1 heterocycles. The number of ether oxygens (including phenoxy) is 1. The Morgan fingerprint density at radius 3 is 2.47 bits per heavy atom. The summed E-state index contributed by atoms with van der Waals surface area (Å²) in [4.78, 5) is 18.0. The molecule has 0 radical (unpaired) electrons. The maximum Gasteiger partial charge on any atom is 0.261 e. The average Bonchev–Trinajstić information content (AvgIpc) is 3.18. The van der Waals surface area contributed by atoms with Gasteiger partial charge in [-0.2, -0.15) is 0 Å². The van der Waals surface area contributed by atoms with E-state index in [4.69, 9.17) is 4.74 Å². The highest BCUT2D eigenvalue weighted by Crippen LogP contribution is 2.33. The van der Waals surface area contributed by atoms with E-state index in [1.807, 2.05) is 55.6 Å². The monoisotopic (exact) mass is 402 g/mol. The van der Waals surface area contributed by atoms with E-state index < -0.39 is 0 Å². The summed E-state index contributed by atoms with van der Waals surface area (Å²) in [7, 11) is 1.78. The number of amides is 1. The van der Waals surface area contributed by atoms with Crippen molar-refractivity contribution in [1.29, 1.82) is 0 Å². The van der Waals surface area contributed by atoms with Crippen LogP contribution in [0.4, 0.5) is 4.39 Å². The van der Waals surface area contributed by atoms with Gasteiger partial charge in [0.1, 0.15) is 11.6 Å². The Hall–Kier alpha value is -3.60. The highest BCUT2D eigenvalue weighted by molar-refractivity contribution is 5.85. The minimum Gasteiger partial charge on any atom is -0.484 e. The van der Waals surface area contributed by atoms with Crippen LogP contribution in [0, 0.1) is 12.7 Å². The molecule has 152 valence electrons. The van der Waals surface area contributed by atoms with Gasteiger partial charge in [0.2, 0.25) is 0 Å². The summed E-state index contributed by atoms with van der Waals surface area (Å²) in [6.07, 6.45) is 1.96. The van der Waals surface area contributed by atoms with Crippen LogP contribution in [0.1, 0.15) is 22.7 Å². The van der Waals surface area contributed by atoms with Crippen molar-refractivity contribution < 1.29 is 13.9 Å². The van der Waals surface area contributed by atoms with E-state index >= 15 is 0 Å². The molecular weight excluding hydrogens is 379 g/mol. The number of fused-ring (bicyclic) bond motifs is 1. The van der Waals surface area contributed by atoms with Crippen molar-refractivity contribution in [2.75, 3.05) is 13.7 Å². The van der Waals surface area contributed by atoms with Crippen LogP contribution in [0.2, 0.25) is 0 Å². The van der Waals surface area contributed by atoms with Gasteiger partial charge in [-0.3, -0.25) is 4.79 Å². The van der Waals surface area contributed by atoms with Crippen molar-refractivity contribution >= 4 is 16.8 Å². The summed E-state index contributed by atoms with van der Waals surface area (Å²) in [5.41, 5.74) is 4.22. The number of hydrogen-bond acceptors (Lipinski definition) is 2. The minimum absolute atomic E-state index is 0.132. The Bertz CT molecular complexity index is 1150. The lowest BCUT2D eigenvalue weighted by molar-refractivity contribution is -0.133. The molecule has 0 spiro atoms. The maximum absolute atomic E-state index is 13.1. The van der Waals surface area contributed by atoms with E-state index in [0.717, 1.165) is 27.6 Å². The zero-order valence-corrected chi connectivity index (χ0v) is 16.9. The second-order valence-electron chi connectivity index (χ2n) is 7.35. The molecule has 0 saturated carbocycles. The molecule has 1 amide bonds. The first kappa shape index (κ1) is 19.7. The normalized spacial score (nSPS) is 12.0. The summed E-state index contributed by atoms with van der Waals surface area (Å²) < 4.78 is 18.7. The van der Waals surface area contributed by atoms with Crippen LogP contribution in [-0.4, -0.2) is 29.4 Å². The fraction of sp³-hybridized carbons (Fsp3) is 0.160. The zero-order chi connectivity index (χ0) is 21.1. The largest absolute Gasteiger partial charge is 0.484 e. The van der Waals surface area contributed by atoms with Crippen molar-refractivity contribution in [3.05, 3.63) is 102 Å². The summed E-state index contributed by atoms with van der Waals surface area (Å²) in [6.45, 7) is 1.91. The number of halogens is 1. The van der Waals surface area contributed by atoms with Gasteiger partial charge in [-0.15, -0.1) is 0 Å². The van der Waals surface area contributed by atoms with Gasteiger partial charge in [-0.25, -0.2) is 4.39 Å². The number of nitrogens with zero attached hydrogens (tertiary/aromatic N) is 1. The Morgan fingerprint density at radius 1 is 1.03 bits per heavy atom. The number of likely N-dealkylation sites (N-methyl/N-ethyl adjacent to an activating group) is 1. The molecule has 0 aliphatic rings. The molecule has 4 rings (SSSR count). The van der Waals surface area contributed by atoms with Crippen molar-refractivity contribution in [2.24, 2.45) is 0 Å². The van der Waals surface area contributed by atoms with Gasteiger partial charge < -0.3 is 14.6 Å². The fourth-order valence-electron chi connectivity index (χ4n) is 3.60. The number of rotatable bonds is 6. The Morgan fingerprint density at radius 2 is 1.73 bits per heavy atom. The second kappa shape index (κ2) is 8.41. The van der Waals surface area contributed by atoms with Crippen molar-refractivity contribution in [2.45, 2.75) is 13.0 Å². The lowest BCUT2D eigenvalue weighted by atomic mass is 9.96. The predicted molar refractivity (Wildman–Crippen MR) is 116 cm³/mol. The Labute approximate surface area is 174 Å². The number of hydrogen-bond donors (Lipinski definition) is 1. The second-order valence-corrected chi connectivity index (χ2v) is 7.35. The molecule has 4 aromatic rings. The van der Waals surface area contributed by atoms with Crippen molar-refractivity contribution in [1.82, 2.24) is 9.88 Å². The number of nitrogens with one attached hydrogen (secondary N) is 1. The topological polar surface area (TPSA) is 45.3 Å². The molecule has 5 heteroatoms. The molecular formula is C25H23FN2O2. The summed E-state index contributed by atoms with van der Waals surface area (Å²) >= 11 is 0. The number of H-pyrrole nitrogens is 1.